The monoisotopic (exact) mass is 450 g/mol. The number of nitrogens with one attached hydrogen (secondary N) is 1. The zero-order valence-electron chi connectivity index (χ0n) is 17.1. The first-order valence-electron chi connectivity index (χ1n) is 10.0. The number of thiophene rings is 1. The minimum absolute atomic E-state index is 0.103. The van der Waals surface area contributed by atoms with E-state index in [-0.39, 0.29) is 4.90 Å². The summed E-state index contributed by atoms with van der Waals surface area (Å²) in [5.74, 6) is -1.02. The Morgan fingerprint density at radius 2 is 1.90 bits per heavy atom. The Bertz CT molecular complexity index is 1030. The van der Waals surface area contributed by atoms with Crippen molar-refractivity contribution in [3.63, 3.8) is 0 Å². The molecule has 1 aromatic heterocycles. The fourth-order valence-corrected chi connectivity index (χ4v) is 6.14. The minimum Gasteiger partial charge on any atom is -0.452 e. The van der Waals surface area contributed by atoms with E-state index in [1.807, 2.05) is 0 Å². The molecule has 0 saturated heterocycles. The lowest BCUT2D eigenvalue weighted by atomic mass is 9.96. The van der Waals surface area contributed by atoms with Crippen LogP contribution in [0.3, 0.4) is 0 Å². The topological polar surface area (TPSA) is 92.8 Å². The second kappa shape index (κ2) is 9.72. The number of carbonyl (C=O) groups is 2. The summed E-state index contributed by atoms with van der Waals surface area (Å²) in [6.07, 6.45) is 4.04. The first-order valence-corrected chi connectivity index (χ1v) is 12.3. The van der Waals surface area contributed by atoms with E-state index in [4.69, 9.17) is 4.74 Å². The number of rotatable bonds is 8. The normalized spacial score (nSPS) is 13.7. The number of esters is 1. The van der Waals surface area contributed by atoms with Gasteiger partial charge in [0.05, 0.1) is 10.5 Å². The van der Waals surface area contributed by atoms with Gasteiger partial charge in [-0.3, -0.25) is 4.79 Å². The SMILES string of the molecule is CCN(CC)S(=O)(=O)c1cccc(NC(=O)COC(=O)c2csc3c2CCCC3)c1. The molecule has 1 amide bonds. The third-order valence-electron chi connectivity index (χ3n) is 5.08. The summed E-state index contributed by atoms with van der Waals surface area (Å²) in [4.78, 5) is 25.9. The molecule has 1 aliphatic carbocycles. The molecule has 1 N–H and O–H groups in total. The van der Waals surface area contributed by atoms with Crippen LogP contribution < -0.4 is 5.32 Å². The number of hydrogen-bond donors (Lipinski definition) is 1. The predicted octanol–water partition coefficient (Wildman–Crippen LogP) is 3.45. The molecule has 9 heteroatoms. The van der Waals surface area contributed by atoms with E-state index in [1.165, 1.54) is 21.3 Å². The zero-order chi connectivity index (χ0) is 21.7. The lowest BCUT2D eigenvalue weighted by Gasteiger charge is -2.18. The van der Waals surface area contributed by atoms with Crippen LogP contribution in [0.25, 0.3) is 0 Å². The van der Waals surface area contributed by atoms with E-state index in [9.17, 15) is 18.0 Å². The zero-order valence-corrected chi connectivity index (χ0v) is 18.8. The first-order chi connectivity index (χ1) is 14.4. The quantitative estimate of drug-likeness (QED) is 0.622. The van der Waals surface area contributed by atoms with E-state index in [0.717, 1.165) is 31.2 Å². The maximum atomic E-state index is 12.6. The molecule has 0 spiro atoms. The largest absolute Gasteiger partial charge is 0.452 e. The highest BCUT2D eigenvalue weighted by atomic mass is 32.2. The number of aryl methyl sites for hydroxylation is 1. The molecule has 0 fully saturated rings. The van der Waals surface area contributed by atoms with Gasteiger partial charge in [-0.2, -0.15) is 4.31 Å². The number of carbonyl (C=O) groups excluding carboxylic acids is 2. The Hall–Kier alpha value is -2.23. The maximum Gasteiger partial charge on any atom is 0.339 e. The second-order valence-corrected chi connectivity index (χ2v) is 9.90. The molecule has 1 aliphatic rings. The van der Waals surface area contributed by atoms with Crippen molar-refractivity contribution in [2.45, 2.75) is 44.4 Å². The van der Waals surface area contributed by atoms with Crippen LogP contribution in [0.5, 0.6) is 0 Å². The summed E-state index contributed by atoms with van der Waals surface area (Å²) >= 11 is 1.56. The third kappa shape index (κ3) is 4.91. The average molecular weight is 451 g/mol. The smallest absolute Gasteiger partial charge is 0.339 e. The standard InChI is InChI=1S/C21H26N2O5S2/c1-3-23(4-2)30(26,27)16-9-7-8-15(12-16)22-20(24)13-28-21(25)18-14-29-19-11-6-5-10-17(18)19/h7-9,12,14H,3-6,10-11,13H2,1-2H3,(H,22,24). The molecular formula is C21H26N2O5S2. The van der Waals surface area contributed by atoms with Crippen LogP contribution in [-0.2, 0) is 32.4 Å². The van der Waals surface area contributed by atoms with Crippen LogP contribution in [0.15, 0.2) is 34.5 Å². The van der Waals surface area contributed by atoms with Crippen molar-refractivity contribution in [1.82, 2.24) is 4.31 Å². The predicted molar refractivity (Wildman–Crippen MR) is 116 cm³/mol. The summed E-state index contributed by atoms with van der Waals surface area (Å²) in [6.45, 7) is 3.82. The summed E-state index contributed by atoms with van der Waals surface area (Å²) in [7, 11) is -3.63. The van der Waals surface area contributed by atoms with E-state index >= 15 is 0 Å². The molecular weight excluding hydrogens is 424 g/mol. The fraction of sp³-hybridized carbons (Fsp3) is 0.429. The number of hydrogen-bond acceptors (Lipinski definition) is 6. The van der Waals surface area contributed by atoms with Gasteiger partial charge in [-0.25, -0.2) is 13.2 Å². The molecule has 162 valence electrons. The summed E-state index contributed by atoms with van der Waals surface area (Å²) in [6, 6.07) is 6.05. The van der Waals surface area contributed by atoms with Crippen LogP contribution >= 0.6 is 11.3 Å². The van der Waals surface area contributed by atoms with Gasteiger partial charge >= 0.3 is 5.97 Å². The van der Waals surface area contributed by atoms with Gasteiger partial charge in [0.2, 0.25) is 10.0 Å². The molecule has 0 radical (unpaired) electrons. The number of nitrogens with zero attached hydrogens (tertiary/aromatic N) is 1. The van der Waals surface area contributed by atoms with Crippen molar-refractivity contribution in [2.75, 3.05) is 25.0 Å². The Kier molecular flexibility index (Phi) is 7.27. The highest BCUT2D eigenvalue weighted by Gasteiger charge is 2.23. The second-order valence-electron chi connectivity index (χ2n) is 7.00. The molecule has 7 nitrogen and oxygen atoms in total. The van der Waals surface area contributed by atoms with Gasteiger partial charge in [0.1, 0.15) is 0 Å². The Morgan fingerprint density at radius 1 is 1.17 bits per heavy atom. The number of sulfonamides is 1. The van der Waals surface area contributed by atoms with Crippen molar-refractivity contribution in [3.05, 3.63) is 45.6 Å². The lowest BCUT2D eigenvalue weighted by molar-refractivity contribution is -0.119. The maximum absolute atomic E-state index is 12.6. The molecule has 0 bridgehead atoms. The summed E-state index contributed by atoms with van der Waals surface area (Å²) in [5, 5.41) is 4.40. The van der Waals surface area contributed by atoms with Crippen LogP contribution in [-0.4, -0.2) is 44.3 Å². The van der Waals surface area contributed by atoms with Gasteiger partial charge < -0.3 is 10.1 Å². The number of ether oxygens (including phenoxy) is 1. The van der Waals surface area contributed by atoms with Gasteiger partial charge in [-0.05, 0) is 49.4 Å². The summed E-state index contributed by atoms with van der Waals surface area (Å²) < 4.78 is 31.8. The van der Waals surface area contributed by atoms with Crippen molar-refractivity contribution in [2.24, 2.45) is 0 Å². The van der Waals surface area contributed by atoms with Crippen LogP contribution in [0.4, 0.5) is 5.69 Å². The van der Waals surface area contributed by atoms with Crippen LogP contribution in [0.1, 0.15) is 47.5 Å². The summed E-state index contributed by atoms with van der Waals surface area (Å²) in [5.41, 5.74) is 1.93. The first kappa shape index (κ1) is 22.5. The molecule has 0 unspecified atom stereocenters. The number of amides is 1. The van der Waals surface area contributed by atoms with Gasteiger partial charge in [-0.15, -0.1) is 11.3 Å². The van der Waals surface area contributed by atoms with E-state index < -0.39 is 28.5 Å². The van der Waals surface area contributed by atoms with E-state index in [2.05, 4.69) is 5.32 Å². The molecule has 0 aliphatic heterocycles. The number of anilines is 1. The highest BCUT2D eigenvalue weighted by Crippen LogP contribution is 2.30. The van der Waals surface area contributed by atoms with Crippen molar-refractivity contribution < 1.29 is 22.7 Å². The van der Waals surface area contributed by atoms with Crippen molar-refractivity contribution >= 4 is 38.9 Å². The molecule has 0 atom stereocenters. The molecule has 3 rings (SSSR count). The van der Waals surface area contributed by atoms with Gasteiger partial charge in [0.15, 0.2) is 6.61 Å². The minimum atomic E-state index is -3.63. The molecule has 1 aromatic carbocycles. The van der Waals surface area contributed by atoms with Gasteiger partial charge in [0, 0.05) is 29.0 Å². The molecule has 2 aromatic rings. The fourth-order valence-electron chi connectivity index (χ4n) is 3.52. The van der Waals surface area contributed by atoms with Crippen LogP contribution in [0.2, 0.25) is 0 Å². The Labute approximate surface area is 181 Å². The van der Waals surface area contributed by atoms with E-state index in [0.29, 0.717) is 24.3 Å². The van der Waals surface area contributed by atoms with Crippen molar-refractivity contribution in [3.8, 4) is 0 Å². The Balaban J connectivity index is 1.61. The third-order valence-corrected chi connectivity index (χ3v) is 8.21. The van der Waals surface area contributed by atoms with Gasteiger partial charge in [0.25, 0.3) is 5.91 Å². The van der Waals surface area contributed by atoms with E-state index in [1.54, 1.807) is 42.7 Å². The molecule has 1 heterocycles. The lowest BCUT2D eigenvalue weighted by Crippen LogP contribution is -2.30. The van der Waals surface area contributed by atoms with Gasteiger partial charge in [-0.1, -0.05) is 19.9 Å². The molecule has 0 saturated carbocycles. The molecule has 30 heavy (non-hydrogen) atoms. The average Bonchev–Trinajstić information content (AvgIpc) is 3.17. The number of benzene rings is 1. The number of fused-ring (bicyclic) bond motifs is 1. The van der Waals surface area contributed by atoms with Crippen molar-refractivity contribution in [1.29, 1.82) is 0 Å². The highest BCUT2D eigenvalue weighted by molar-refractivity contribution is 7.89. The Morgan fingerprint density at radius 3 is 2.63 bits per heavy atom. The van der Waals surface area contributed by atoms with Crippen LogP contribution in [0, 0.1) is 0 Å².